The summed E-state index contributed by atoms with van der Waals surface area (Å²) in [7, 11) is 0. The summed E-state index contributed by atoms with van der Waals surface area (Å²) in [5, 5.41) is 16.9. The molecule has 1 aromatic carbocycles. The number of nitrogens with two attached hydrogens (primary N) is 1. The molecule has 5 nitrogen and oxygen atoms in total. The summed E-state index contributed by atoms with van der Waals surface area (Å²) in [6, 6.07) is 3.29. The van der Waals surface area contributed by atoms with Crippen LogP contribution in [0.1, 0.15) is 29.8 Å². The Labute approximate surface area is 104 Å². The van der Waals surface area contributed by atoms with Gasteiger partial charge in [0, 0.05) is 10.9 Å². The van der Waals surface area contributed by atoms with Crippen LogP contribution in [0.5, 0.6) is 0 Å². The van der Waals surface area contributed by atoms with Crippen LogP contribution in [0.3, 0.4) is 0 Å². The minimum atomic E-state index is -1.07. The van der Waals surface area contributed by atoms with Gasteiger partial charge in [-0.3, -0.25) is 9.89 Å². The lowest BCUT2D eigenvalue weighted by atomic mass is 10.0. The Kier molecular flexibility index (Phi) is 2.81. The Balaban J connectivity index is 2.61. The summed E-state index contributed by atoms with van der Waals surface area (Å²) in [6.07, 6.45) is 1.58. The third-order valence-electron chi connectivity index (χ3n) is 2.38. The van der Waals surface area contributed by atoms with Crippen molar-refractivity contribution >= 4 is 16.8 Å². The van der Waals surface area contributed by atoms with Crippen LogP contribution < -0.4 is 5.73 Å². The number of carbonyl (C=O) groups is 1. The minimum absolute atomic E-state index is 0.372. The Hall–Kier alpha value is -2.32. The van der Waals surface area contributed by atoms with Crippen LogP contribution in [0, 0.1) is 11.8 Å². The van der Waals surface area contributed by atoms with E-state index in [1.54, 1.807) is 32.2 Å². The summed E-state index contributed by atoms with van der Waals surface area (Å²) < 4.78 is 0. The van der Waals surface area contributed by atoms with Gasteiger partial charge in [0.25, 0.3) is 5.91 Å². The first kappa shape index (κ1) is 12.1. The van der Waals surface area contributed by atoms with Crippen LogP contribution in [0.15, 0.2) is 18.3 Å². The number of hydrogen-bond acceptors (Lipinski definition) is 3. The second-order valence-corrected chi connectivity index (χ2v) is 4.49. The van der Waals surface area contributed by atoms with Crippen LogP contribution >= 0.6 is 0 Å². The number of amides is 1. The van der Waals surface area contributed by atoms with Crippen molar-refractivity contribution in [2.24, 2.45) is 5.73 Å². The number of hydrogen-bond donors (Lipinski definition) is 3. The Morgan fingerprint density at radius 3 is 2.83 bits per heavy atom. The maximum absolute atomic E-state index is 11.2. The number of nitrogens with zero attached hydrogens (tertiary/aromatic N) is 1. The highest BCUT2D eigenvalue weighted by Gasteiger charge is 2.11. The van der Waals surface area contributed by atoms with Crippen LogP contribution in [0.2, 0.25) is 0 Å². The lowest BCUT2D eigenvalue weighted by Gasteiger charge is -2.06. The van der Waals surface area contributed by atoms with E-state index in [-0.39, 0.29) is 0 Å². The number of rotatable bonds is 1. The zero-order valence-corrected chi connectivity index (χ0v) is 10.1. The summed E-state index contributed by atoms with van der Waals surface area (Å²) in [4.78, 5) is 11.2. The number of aromatic amines is 1. The van der Waals surface area contributed by atoms with Crippen LogP contribution in [0.25, 0.3) is 10.9 Å². The van der Waals surface area contributed by atoms with Gasteiger partial charge in [0.15, 0.2) is 0 Å². The molecule has 0 saturated carbocycles. The van der Waals surface area contributed by atoms with Crippen LogP contribution in [-0.2, 0) is 0 Å². The van der Waals surface area contributed by atoms with Crippen molar-refractivity contribution in [1.29, 1.82) is 0 Å². The van der Waals surface area contributed by atoms with Crippen LogP contribution in [0.4, 0.5) is 0 Å². The number of H-pyrrole nitrogens is 1. The SMILES string of the molecule is CC(C)(O)C#Cc1ccc(C(N)=O)c2[nH]ncc12. The van der Waals surface area contributed by atoms with Crippen molar-refractivity contribution in [3.05, 3.63) is 29.5 Å². The molecule has 0 spiro atoms. The van der Waals surface area contributed by atoms with Gasteiger partial charge in [-0.2, -0.15) is 5.10 Å². The minimum Gasteiger partial charge on any atom is -0.378 e. The largest absolute Gasteiger partial charge is 0.378 e. The number of fused-ring (bicyclic) bond motifs is 1. The average Bonchev–Trinajstić information content (AvgIpc) is 2.72. The normalized spacial score (nSPS) is 11.1. The second kappa shape index (κ2) is 4.17. The number of primary amides is 1. The van der Waals surface area contributed by atoms with Crippen LogP contribution in [-0.4, -0.2) is 26.8 Å². The number of benzene rings is 1. The van der Waals surface area contributed by atoms with E-state index in [0.29, 0.717) is 22.0 Å². The molecule has 0 radical (unpaired) electrons. The van der Waals surface area contributed by atoms with Crippen molar-refractivity contribution < 1.29 is 9.90 Å². The number of aliphatic hydroxyl groups is 1. The molecule has 0 atom stereocenters. The fraction of sp³-hybridized carbons (Fsp3) is 0.231. The molecule has 0 aliphatic heterocycles. The van der Waals surface area contributed by atoms with E-state index < -0.39 is 11.5 Å². The first-order chi connectivity index (χ1) is 8.38. The molecule has 0 aliphatic carbocycles. The lowest BCUT2D eigenvalue weighted by Crippen LogP contribution is -2.14. The Morgan fingerprint density at radius 2 is 2.22 bits per heavy atom. The van der Waals surface area contributed by atoms with Crippen molar-refractivity contribution in [2.75, 3.05) is 0 Å². The molecule has 2 rings (SSSR count). The van der Waals surface area contributed by atoms with E-state index in [2.05, 4.69) is 22.0 Å². The van der Waals surface area contributed by atoms with E-state index in [1.165, 1.54) is 0 Å². The lowest BCUT2D eigenvalue weighted by molar-refractivity contribution is 0.100. The smallest absolute Gasteiger partial charge is 0.250 e. The second-order valence-electron chi connectivity index (χ2n) is 4.49. The van der Waals surface area contributed by atoms with E-state index in [1.807, 2.05) is 0 Å². The highest BCUT2D eigenvalue weighted by atomic mass is 16.3. The molecule has 92 valence electrons. The van der Waals surface area contributed by atoms with E-state index in [9.17, 15) is 9.90 Å². The molecule has 0 unspecified atom stereocenters. The van der Waals surface area contributed by atoms with E-state index >= 15 is 0 Å². The van der Waals surface area contributed by atoms with Crippen molar-refractivity contribution in [1.82, 2.24) is 10.2 Å². The summed E-state index contributed by atoms with van der Waals surface area (Å²) in [5.41, 5.74) is 5.82. The maximum atomic E-state index is 11.2. The monoisotopic (exact) mass is 243 g/mol. The third kappa shape index (κ3) is 2.34. The van der Waals surface area contributed by atoms with Crippen molar-refractivity contribution in [3.8, 4) is 11.8 Å². The van der Waals surface area contributed by atoms with Gasteiger partial charge < -0.3 is 10.8 Å². The van der Waals surface area contributed by atoms with Gasteiger partial charge in [0.05, 0.1) is 17.3 Å². The van der Waals surface area contributed by atoms with Gasteiger partial charge in [0.2, 0.25) is 0 Å². The first-order valence-electron chi connectivity index (χ1n) is 5.40. The summed E-state index contributed by atoms with van der Waals surface area (Å²) in [6.45, 7) is 3.20. The molecular weight excluding hydrogens is 230 g/mol. The molecule has 5 heteroatoms. The highest BCUT2D eigenvalue weighted by Crippen LogP contribution is 2.19. The molecule has 1 heterocycles. The number of nitrogens with one attached hydrogen (secondary N) is 1. The van der Waals surface area contributed by atoms with Gasteiger partial charge in [-0.25, -0.2) is 0 Å². The fourth-order valence-corrected chi connectivity index (χ4v) is 1.57. The molecule has 2 aromatic rings. The first-order valence-corrected chi connectivity index (χ1v) is 5.40. The molecule has 1 aromatic heterocycles. The highest BCUT2D eigenvalue weighted by molar-refractivity contribution is 6.05. The molecule has 0 bridgehead atoms. The maximum Gasteiger partial charge on any atom is 0.250 e. The van der Waals surface area contributed by atoms with Gasteiger partial charge in [-0.1, -0.05) is 11.8 Å². The van der Waals surface area contributed by atoms with E-state index in [0.717, 1.165) is 0 Å². The summed E-state index contributed by atoms with van der Waals surface area (Å²) in [5.74, 6) is 5.06. The molecule has 1 amide bonds. The van der Waals surface area contributed by atoms with Gasteiger partial charge in [0.1, 0.15) is 5.60 Å². The molecule has 0 aliphatic rings. The molecule has 0 fully saturated rings. The van der Waals surface area contributed by atoms with Crippen molar-refractivity contribution in [3.63, 3.8) is 0 Å². The third-order valence-corrected chi connectivity index (χ3v) is 2.38. The number of carbonyl (C=O) groups excluding carboxylic acids is 1. The molecular formula is C13H13N3O2. The van der Waals surface area contributed by atoms with Gasteiger partial charge in [-0.05, 0) is 26.0 Å². The average molecular weight is 243 g/mol. The number of aromatic nitrogens is 2. The standard InChI is InChI=1S/C13H13N3O2/c1-13(2,18)6-5-8-3-4-9(12(14)17)11-10(8)7-15-16-11/h3-4,7,18H,1-2H3,(H2,14,17)(H,15,16). The fourth-order valence-electron chi connectivity index (χ4n) is 1.57. The topological polar surface area (TPSA) is 92.0 Å². The summed E-state index contributed by atoms with van der Waals surface area (Å²) >= 11 is 0. The molecule has 0 saturated heterocycles. The Morgan fingerprint density at radius 1 is 1.50 bits per heavy atom. The van der Waals surface area contributed by atoms with Crippen molar-refractivity contribution in [2.45, 2.75) is 19.4 Å². The Bertz CT molecular complexity index is 669. The van der Waals surface area contributed by atoms with E-state index in [4.69, 9.17) is 5.73 Å². The zero-order valence-electron chi connectivity index (χ0n) is 10.1. The van der Waals surface area contributed by atoms with Gasteiger partial charge >= 0.3 is 0 Å². The predicted molar refractivity (Wildman–Crippen MR) is 67.8 cm³/mol. The zero-order chi connectivity index (χ0) is 13.3. The van der Waals surface area contributed by atoms with Gasteiger partial charge in [-0.15, -0.1) is 0 Å². The predicted octanol–water partition coefficient (Wildman–Crippen LogP) is 0.784. The quantitative estimate of drug-likeness (QED) is 0.646. The molecule has 4 N–H and O–H groups in total. The molecule has 18 heavy (non-hydrogen) atoms.